The van der Waals surface area contributed by atoms with Crippen molar-refractivity contribution in [1.29, 1.82) is 0 Å². The third-order valence-electron chi connectivity index (χ3n) is 4.40. The molecule has 5 nitrogen and oxygen atoms in total. The van der Waals surface area contributed by atoms with E-state index >= 15 is 0 Å². The Morgan fingerprint density at radius 1 is 1.38 bits per heavy atom. The highest BCUT2D eigenvalue weighted by Crippen LogP contribution is 2.33. The summed E-state index contributed by atoms with van der Waals surface area (Å²) >= 11 is 0. The van der Waals surface area contributed by atoms with Crippen LogP contribution in [0.4, 0.5) is 5.69 Å². The predicted molar refractivity (Wildman–Crippen MR) is 82.1 cm³/mol. The summed E-state index contributed by atoms with van der Waals surface area (Å²) in [5.74, 6) is 0.136. The van der Waals surface area contributed by atoms with Crippen LogP contribution in [0.1, 0.15) is 24.8 Å². The van der Waals surface area contributed by atoms with E-state index in [2.05, 4.69) is 5.32 Å². The van der Waals surface area contributed by atoms with Crippen LogP contribution in [-0.4, -0.2) is 49.9 Å². The van der Waals surface area contributed by atoms with Gasteiger partial charge >= 0.3 is 0 Å². The highest BCUT2D eigenvalue weighted by atomic mass is 32.2. The van der Waals surface area contributed by atoms with Crippen molar-refractivity contribution in [2.24, 2.45) is 0 Å². The highest BCUT2D eigenvalue weighted by Gasteiger charge is 2.38. The Hall–Kier alpha value is -1.56. The van der Waals surface area contributed by atoms with E-state index in [-0.39, 0.29) is 29.4 Å². The number of sulfone groups is 1. The minimum atomic E-state index is -2.98. The zero-order valence-corrected chi connectivity index (χ0v) is 12.9. The van der Waals surface area contributed by atoms with Gasteiger partial charge in [0, 0.05) is 24.8 Å². The number of amides is 1. The number of para-hydroxylation sites is 1. The van der Waals surface area contributed by atoms with Crippen LogP contribution in [0.3, 0.4) is 0 Å². The summed E-state index contributed by atoms with van der Waals surface area (Å²) in [5.41, 5.74) is 2.02. The number of carbonyl (C=O) groups excluding carboxylic acids is 1. The summed E-state index contributed by atoms with van der Waals surface area (Å²) in [6, 6.07) is 7.65. The number of hydrogen-bond acceptors (Lipinski definition) is 4. The molecule has 3 rings (SSSR count). The van der Waals surface area contributed by atoms with Crippen LogP contribution in [0.25, 0.3) is 0 Å². The van der Waals surface area contributed by atoms with Crippen LogP contribution in [-0.2, 0) is 14.6 Å². The van der Waals surface area contributed by atoms with E-state index in [9.17, 15) is 13.2 Å². The van der Waals surface area contributed by atoms with E-state index < -0.39 is 9.84 Å². The molecule has 2 aliphatic rings. The van der Waals surface area contributed by atoms with E-state index in [4.69, 9.17) is 0 Å². The first-order chi connectivity index (χ1) is 10.0. The van der Waals surface area contributed by atoms with Gasteiger partial charge in [-0.2, -0.15) is 0 Å². The quantitative estimate of drug-likeness (QED) is 0.912. The van der Waals surface area contributed by atoms with E-state index in [0.717, 1.165) is 11.3 Å². The second-order valence-electron chi connectivity index (χ2n) is 5.70. The van der Waals surface area contributed by atoms with Crippen molar-refractivity contribution in [3.63, 3.8) is 0 Å². The molecule has 0 aromatic heterocycles. The van der Waals surface area contributed by atoms with E-state index in [1.54, 1.807) is 4.90 Å². The van der Waals surface area contributed by atoms with Crippen LogP contribution in [0.15, 0.2) is 24.3 Å². The molecule has 2 atom stereocenters. The molecule has 1 saturated heterocycles. The molecule has 0 radical (unpaired) electrons. The molecule has 0 saturated carbocycles. The molecule has 0 aliphatic carbocycles. The summed E-state index contributed by atoms with van der Waals surface area (Å²) < 4.78 is 23.3. The number of benzene rings is 1. The molecule has 1 amide bonds. The fraction of sp³-hybridized carbons (Fsp3) is 0.533. The van der Waals surface area contributed by atoms with Gasteiger partial charge in [-0.05, 0) is 25.0 Å². The number of likely N-dealkylation sites (N-methyl/N-ethyl adjacent to an activating group) is 1. The predicted octanol–water partition coefficient (Wildman–Crippen LogP) is 1.23. The number of nitrogens with one attached hydrogen (secondary N) is 1. The minimum Gasteiger partial charge on any atom is -0.384 e. The van der Waals surface area contributed by atoms with E-state index in [1.165, 1.54) is 0 Å². The number of fused-ring (bicyclic) bond motifs is 1. The Bertz CT molecular complexity index is 657. The standard InChI is InChI=1S/C15H20N2O3S/c1-2-17(11-7-8-21(19,20)10-11)15(18)13-9-16-14-6-4-3-5-12(13)14/h3-6,11,13,16H,2,7-10H2,1H3. The van der Waals surface area contributed by atoms with Crippen LogP contribution in [0, 0.1) is 0 Å². The Labute approximate surface area is 125 Å². The largest absolute Gasteiger partial charge is 0.384 e. The molecular formula is C15H20N2O3S. The van der Waals surface area contributed by atoms with Crippen molar-refractivity contribution in [1.82, 2.24) is 4.90 Å². The SMILES string of the molecule is CCN(C(=O)C1CNc2ccccc21)C1CCS(=O)(=O)C1. The van der Waals surface area contributed by atoms with Crippen molar-refractivity contribution in [2.45, 2.75) is 25.3 Å². The number of hydrogen-bond donors (Lipinski definition) is 1. The summed E-state index contributed by atoms with van der Waals surface area (Å²) in [7, 11) is -2.98. The van der Waals surface area contributed by atoms with Crippen molar-refractivity contribution in [3.05, 3.63) is 29.8 Å². The third kappa shape index (κ3) is 2.64. The molecule has 1 N–H and O–H groups in total. The maximum absolute atomic E-state index is 12.8. The second kappa shape index (κ2) is 5.33. The molecule has 1 aromatic carbocycles. The molecule has 0 bridgehead atoms. The van der Waals surface area contributed by atoms with Gasteiger partial charge in [0.2, 0.25) is 5.91 Å². The van der Waals surface area contributed by atoms with Gasteiger partial charge in [0.25, 0.3) is 0 Å². The van der Waals surface area contributed by atoms with Gasteiger partial charge in [-0.25, -0.2) is 8.42 Å². The Morgan fingerprint density at radius 3 is 2.81 bits per heavy atom. The molecule has 2 aliphatic heterocycles. The molecule has 1 fully saturated rings. The average molecular weight is 308 g/mol. The van der Waals surface area contributed by atoms with Crippen molar-refractivity contribution in [3.8, 4) is 0 Å². The van der Waals surface area contributed by atoms with Crippen molar-refractivity contribution >= 4 is 21.4 Å². The average Bonchev–Trinajstić information content (AvgIpc) is 3.03. The lowest BCUT2D eigenvalue weighted by Crippen LogP contribution is -2.43. The summed E-state index contributed by atoms with van der Waals surface area (Å²) in [4.78, 5) is 14.6. The van der Waals surface area contributed by atoms with E-state index in [1.807, 2.05) is 31.2 Å². The normalized spacial score (nSPS) is 26.1. The molecule has 1 aromatic rings. The smallest absolute Gasteiger partial charge is 0.232 e. The first-order valence-electron chi connectivity index (χ1n) is 7.35. The zero-order chi connectivity index (χ0) is 15.0. The zero-order valence-electron chi connectivity index (χ0n) is 12.1. The fourth-order valence-corrected chi connectivity index (χ4v) is 5.05. The molecule has 114 valence electrons. The maximum Gasteiger partial charge on any atom is 0.232 e. The Balaban J connectivity index is 1.81. The summed E-state index contributed by atoms with van der Waals surface area (Å²) in [5, 5.41) is 3.25. The van der Waals surface area contributed by atoms with Gasteiger partial charge in [-0.1, -0.05) is 18.2 Å². The van der Waals surface area contributed by atoms with E-state index in [0.29, 0.717) is 19.5 Å². The number of rotatable bonds is 3. The first-order valence-corrected chi connectivity index (χ1v) is 9.17. The van der Waals surface area contributed by atoms with Gasteiger partial charge < -0.3 is 10.2 Å². The molecule has 2 unspecified atom stereocenters. The highest BCUT2D eigenvalue weighted by molar-refractivity contribution is 7.91. The van der Waals surface area contributed by atoms with Crippen LogP contribution in [0.5, 0.6) is 0 Å². The molecule has 21 heavy (non-hydrogen) atoms. The Morgan fingerprint density at radius 2 is 2.14 bits per heavy atom. The fourth-order valence-electron chi connectivity index (χ4n) is 3.32. The van der Waals surface area contributed by atoms with Crippen molar-refractivity contribution in [2.75, 3.05) is 29.9 Å². The lowest BCUT2D eigenvalue weighted by atomic mass is 9.99. The lowest BCUT2D eigenvalue weighted by Gasteiger charge is -2.29. The maximum atomic E-state index is 12.8. The second-order valence-corrected chi connectivity index (χ2v) is 7.93. The number of carbonyl (C=O) groups is 1. The van der Waals surface area contributed by atoms with Gasteiger partial charge in [-0.3, -0.25) is 4.79 Å². The monoisotopic (exact) mass is 308 g/mol. The number of anilines is 1. The van der Waals surface area contributed by atoms with Gasteiger partial charge in [0.05, 0.1) is 17.4 Å². The number of nitrogens with zero attached hydrogens (tertiary/aromatic N) is 1. The van der Waals surface area contributed by atoms with Crippen LogP contribution in [0.2, 0.25) is 0 Å². The Kier molecular flexibility index (Phi) is 3.65. The first kappa shape index (κ1) is 14.4. The molecule has 0 spiro atoms. The van der Waals surface area contributed by atoms with Gasteiger partial charge in [0.1, 0.15) is 0 Å². The molecule has 6 heteroatoms. The lowest BCUT2D eigenvalue weighted by molar-refractivity contribution is -0.134. The van der Waals surface area contributed by atoms with Crippen LogP contribution < -0.4 is 5.32 Å². The summed E-state index contributed by atoms with van der Waals surface area (Å²) in [6.45, 7) is 3.06. The summed E-state index contributed by atoms with van der Waals surface area (Å²) in [6.07, 6.45) is 0.559. The van der Waals surface area contributed by atoms with Crippen molar-refractivity contribution < 1.29 is 13.2 Å². The van der Waals surface area contributed by atoms with Gasteiger partial charge in [-0.15, -0.1) is 0 Å². The minimum absolute atomic E-state index is 0.0389. The molecular weight excluding hydrogens is 288 g/mol. The third-order valence-corrected chi connectivity index (χ3v) is 6.15. The van der Waals surface area contributed by atoms with Gasteiger partial charge in [0.15, 0.2) is 9.84 Å². The van der Waals surface area contributed by atoms with Crippen LogP contribution >= 0.6 is 0 Å². The topological polar surface area (TPSA) is 66.5 Å². The molecule has 2 heterocycles.